The molecule has 21 heavy (non-hydrogen) atoms. The number of rotatable bonds is 4. The van der Waals surface area contributed by atoms with Crippen LogP contribution in [-0.2, 0) is 0 Å². The molecule has 0 aliphatic heterocycles. The zero-order valence-corrected chi connectivity index (χ0v) is 12.6. The molecular weight excluding hydrogens is 292 g/mol. The summed E-state index contributed by atoms with van der Waals surface area (Å²) in [6.45, 7) is 2.42. The molecule has 1 aliphatic rings. The van der Waals surface area contributed by atoms with Crippen LogP contribution in [0.15, 0.2) is 11.6 Å². The van der Waals surface area contributed by atoms with Gasteiger partial charge in [-0.2, -0.15) is 9.38 Å². The zero-order chi connectivity index (χ0) is 15.0. The summed E-state index contributed by atoms with van der Waals surface area (Å²) in [6, 6.07) is 0. The molecule has 0 bridgehead atoms. The number of hydrogen-bond acceptors (Lipinski definition) is 6. The first kappa shape index (κ1) is 14.3. The second kappa shape index (κ2) is 5.27. The van der Waals surface area contributed by atoms with Gasteiger partial charge < -0.3 is 20.5 Å². The van der Waals surface area contributed by atoms with Gasteiger partial charge in [0, 0.05) is 11.9 Å². The van der Waals surface area contributed by atoms with Crippen LogP contribution in [0.25, 0.3) is 4.96 Å². The van der Waals surface area contributed by atoms with E-state index in [-0.39, 0.29) is 11.6 Å². The topological polar surface area (TPSA) is 92.7 Å². The normalized spacial score (nSPS) is 26.1. The standard InChI is InChI=1S/C13H18N4O3S/c1-9-3-2-4-13(18,7-9)8-14-10-11(17(19)20)16-5-6-21-12(16)15-10/h5-6,9,14,18H,2-4,7-8H2,1H3/t9-,13+/m1/s1. The maximum atomic E-state index is 11.2. The highest BCUT2D eigenvalue weighted by Gasteiger charge is 2.34. The lowest BCUT2D eigenvalue weighted by Crippen LogP contribution is -2.41. The third-order valence-corrected chi connectivity index (χ3v) is 4.82. The van der Waals surface area contributed by atoms with Gasteiger partial charge in [0.1, 0.15) is 6.20 Å². The van der Waals surface area contributed by atoms with Crippen molar-refractivity contribution < 1.29 is 10.0 Å². The molecule has 8 heteroatoms. The van der Waals surface area contributed by atoms with Gasteiger partial charge in [-0.1, -0.05) is 31.1 Å². The van der Waals surface area contributed by atoms with Gasteiger partial charge in [-0.15, -0.1) is 0 Å². The van der Waals surface area contributed by atoms with E-state index in [4.69, 9.17) is 0 Å². The van der Waals surface area contributed by atoms with Crippen LogP contribution in [0.1, 0.15) is 32.6 Å². The summed E-state index contributed by atoms with van der Waals surface area (Å²) in [4.78, 5) is 15.6. The van der Waals surface area contributed by atoms with E-state index in [0.29, 0.717) is 17.4 Å². The first-order valence-corrected chi connectivity index (χ1v) is 7.93. The minimum absolute atomic E-state index is 0.0706. The molecule has 0 spiro atoms. The molecule has 114 valence electrons. The van der Waals surface area contributed by atoms with Gasteiger partial charge in [-0.3, -0.25) is 0 Å². The highest BCUT2D eigenvalue weighted by molar-refractivity contribution is 7.15. The summed E-state index contributed by atoms with van der Waals surface area (Å²) in [5.74, 6) is 0.642. The summed E-state index contributed by atoms with van der Waals surface area (Å²) < 4.78 is 1.46. The molecule has 2 aromatic rings. The Hall–Kier alpha value is -1.67. The number of aromatic nitrogens is 2. The van der Waals surface area contributed by atoms with Crippen molar-refractivity contribution in [2.24, 2.45) is 5.92 Å². The molecule has 0 amide bonds. The Kier molecular flexibility index (Phi) is 3.58. The lowest BCUT2D eigenvalue weighted by molar-refractivity contribution is -0.389. The van der Waals surface area contributed by atoms with E-state index in [1.54, 1.807) is 11.6 Å². The average Bonchev–Trinajstić information content (AvgIpc) is 2.95. The fraction of sp³-hybridized carbons (Fsp3) is 0.615. The van der Waals surface area contributed by atoms with Crippen LogP contribution in [0.5, 0.6) is 0 Å². The van der Waals surface area contributed by atoms with Crippen molar-refractivity contribution in [2.75, 3.05) is 11.9 Å². The highest BCUT2D eigenvalue weighted by atomic mass is 32.1. The Labute approximate surface area is 125 Å². The Balaban J connectivity index is 1.80. The van der Waals surface area contributed by atoms with Crippen molar-refractivity contribution in [3.63, 3.8) is 0 Å². The first-order chi connectivity index (χ1) is 9.98. The van der Waals surface area contributed by atoms with E-state index in [9.17, 15) is 15.2 Å². The van der Waals surface area contributed by atoms with Crippen molar-refractivity contribution in [1.82, 2.24) is 9.38 Å². The van der Waals surface area contributed by atoms with E-state index < -0.39 is 10.5 Å². The monoisotopic (exact) mass is 310 g/mol. The molecule has 2 atom stereocenters. The van der Waals surface area contributed by atoms with E-state index in [2.05, 4.69) is 17.2 Å². The first-order valence-electron chi connectivity index (χ1n) is 7.05. The zero-order valence-electron chi connectivity index (χ0n) is 11.8. The minimum atomic E-state index is -0.803. The van der Waals surface area contributed by atoms with Crippen molar-refractivity contribution >= 4 is 27.9 Å². The largest absolute Gasteiger partial charge is 0.388 e. The molecule has 1 saturated carbocycles. The molecule has 7 nitrogen and oxygen atoms in total. The SMILES string of the molecule is C[C@@H]1CCC[C@@](O)(CNc2nc3sccn3c2[N+](=O)[O-])C1. The third kappa shape index (κ3) is 2.73. The van der Waals surface area contributed by atoms with Crippen LogP contribution in [-0.4, -0.2) is 31.6 Å². The number of fused-ring (bicyclic) bond motifs is 1. The summed E-state index contributed by atoms with van der Waals surface area (Å²) in [7, 11) is 0. The number of thiazole rings is 1. The van der Waals surface area contributed by atoms with Crippen LogP contribution in [0.3, 0.4) is 0 Å². The predicted octanol–water partition coefficient (Wildman–Crippen LogP) is 2.66. The molecular formula is C13H18N4O3S. The molecule has 0 aromatic carbocycles. The average molecular weight is 310 g/mol. The van der Waals surface area contributed by atoms with Crippen LogP contribution in [0.4, 0.5) is 11.6 Å². The smallest absolute Gasteiger partial charge is 0.372 e. The fourth-order valence-electron chi connectivity index (χ4n) is 3.11. The minimum Gasteiger partial charge on any atom is -0.388 e. The van der Waals surface area contributed by atoms with Crippen molar-refractivity contribution in [1.29, 1.82) is 0 Å². The fourth-order valence-corrected chi connectivity index (χ4v) is 3.82. The maximum absolute atomic E-state index is 11.2. The van der Waals surface area contributed by atoms with Gasteiger partial charge in [0.15, 0.2) is 0 Å². The summed E-state index contributed by atoms with van der Waals surface area (Å²) >= 11 is 1.35. The number of anilines is 1. The number of nitro groups is 1. The number of imidazole rings is 1. The van der Waals surface area contributed by atoms with Gasteiger partial charge in [-0.05, 0) is 23.7 Å². The van der Waals surface area contributed by atoms with E-state index in [0.717, 1.165) is 25.7 Å². The van der Waals surface area contributed by atoms with Crippen molar-refractivity contribution in [3.05, 3.63) is 21.7 Å². The summed E-state index contributed by atoms with van der Waals surface area (Å²) in [5, 5.41) is 26.6. The Morgan fingerprint density at radius 2 is 2.52 bits per heavy atom. The van der Waals surface area contributed by atoms with E-state index in [1.807, 2.05) is 0 Å². The molecule has 1 aliphatic carbocycles. The number of aliphatic hydroxyl groups is 1. The molecule has 0 unspecified atom stereocenters. The van der Waals surface area contributed by atoms with Gasteiger partial charge in [0.2, 0.25) is 5.82 Å². The molecule has 0 radical (unpaired) electrons. The Morgan fingerprint density at radius 1 is 1.71 bits per heavy atom. The third-order valence-electron chi connectivity index (χ3n) is 4.06. The number of nitrogens with one attached hydrogen (secondary N) is 1. The van der Waals surface area contributed by atoms with E-state index in [1.165, 1.54) is 15.7 Å². The molecule has 0 saturated heterocycles. The summed E-state index contributed by atoms with van der Waals surface area (Å²) in [5.41, 5.74) is -0.803. The highest BCUT2D eigenvalue weighted by Crippen LogP contribution is 2.34. The van der Waals surface area contributed by atoms with Crippen molar-refractivity contribution in [3.8, 4) is 0 Å². The van der Waals surface area contributed by atoms with Gasteiger partial charge in [0.25, 0.3) is 4.96 Å². The second-order valence-electron chi connectivity index (χ2n) is 5.88. The van der Waals surface area contributed by atoms with Crippen LogP contribution >= 0.6 is 11.3 Å². The predicted molar refractivity (Wildman–Crippen MR) is 80.8 cm³/mol. The molecule has 2 N–H and O–H groups in total. The molecule has 1 fully saturated rings. The summed E-state index contributed by atoms with van der Waals surface area (Å²) in [6.07, 6.45) is 5.19. The number of hydrogen-bond donors (Lipinski definition) is 2. The molecule has 3 rings (SSSR count). The lowest BCUT2D eigenvalue weighted by Gasteiger charge is -2.35. The quantitative estimate of drug-likeness (QED) is 0.669. The second-order valence-corrected chi connectivity index (χ2v) is 6.75. The Morgan fingerprint density at radius 3 is 3.24 bits per heavy atom. The molecule has 2 aromatic heterocycles. The van der Waals surface area contributed by atoms with E-state index >= 15 is 0 Å². The van der Waals surface area contributed by atoms with Gasteiger partial charge in [-0.25, -0.2) is 0 Å². The van der Waals surface area contributed by atoms with Crippen LogP contribution in [0, 0.1) is 16.0 Å². The van der Waals surface area contributed by atoms with Crippen molar-refractivity contribution in [2.45, 2.75) is 38.2 Å². The number of nitrogens with zero attached hydrogens (tertiary/aromatic N) is 3. The molecule has 2 heterocycles. The van der Waals surface area contributed by atoms with Gasteiger partial charge >= 0.3 is 5.82 Å². The van der Waals surface area contributed by atoms with Crippen LogP contribution in [0.2, 0.25) is 0 Å². The Bertz CT molecular complexity index is 667. The van der Waals surface area contributed by atoms with Crippen LogP contribution < -0.4 is 5.32 Å². The lowest BCUT2D eigenvalue weighted by atomic mass is 9.79. The van der Waals surface area contributed by atoms with Gasteiger partial charge in [0.05, 0.1) is 5.60 Å². The maximum Gasteiger partial charge on any atom is 0.372 e.